The first-order valence-corrected chi connectivity index (χ1v) is 7.06. The van der Waals surface area contributed by atoms with Gasteiger partial charge in [0.25, 0.3) is 0 Å². The Hall–Kier alpha value is -2.24. The number of anilines is 1. The van der Waals surface area contributed by atoms with Crippen LogP contribution in [0.1, 0.15) is 26.7 Å². The molecule has 0 unspecified atom stereocenters. The van der Waals surface area contributed by atoms with Crippen LogP contribution in [0, 0.1) is 0 Å². The summed E-state index contributed by atoms with van der Waals surface area (Å²) in [5.41, 5.74) is 0.704. The van der Waals surface area contributed by atoms with E-state index in [-0.39, 0.29) is 25.0 Å². The molecule has 1 aromatic rings. The first kappa shape index (κ1) is 15.2. The van der Waals surface area contributed by atoms with Crippen molar-refractivity contribution in [2.75, 3.05) is 24.8 Å². The van der Waals surface area contributed by atoms with E-state index in [4.69, 9.17) is 9.47 Å². The number of hydrogen-bond acceptors (Lipinski definition) is 4. The summed E-state index contributed by atoms with van der Waals surface area (Å²) in [7, 11) is 0. The molecule has 2 amide bonds. The minimum atomic E-state index is -0.114. The molecule has 1 aromatic carbocycles. The van der Waals surface area contributed by atoms with Crippen LogP contribution in [0.2, 0.25) is 0 Å². The predicted molar refractivity (Wildman–Crippen MR) is 78.5 cm³/mol. The zero-order chi connectivity index (χ0) is 15.2. The van der Waals surface area contributed by atoms with Crippen LogP contribution < -0.4 is 19.7 Å². The second-order valence-electron chi connectivity index (χ2n) is 4.81. The number of rotatable bonds is 6. The Labute approximate surface area is 124 Å². The van der Waals surface area contributed by atoms with Gasteiger partial charge in [-0.25, -0.2) is 0 Å². The molecule has 21 heavy (non-hydrogen) atoms. The average Bonchev–Trinajstić information content (AvgIpc) is 2.92. The van der Waals surface area contributed by atoms with Crippen LogP contribution in [0.25, 0.3) is 0 Å². The van der Waals surface area contributed by atoms with E-state index in [2.05, 4.69) is 5.32 Å². The maximum absolute atomic E-state index is 11.8. The molecule has 0 aliphatic carbocycles. The Kier molecular flexibility index (Phi) is 5.03. The van der Waals surface area contributed by atoms with E-state index in [0.717, 1.165) is 6.42 Å². The summed E-state index contributed by atoms with van der Waals surface area (Å²) in [5.74, 6) is 1.12. The van der Waals surface area contributed by atoms with E-state index < -0.39 is 0 Å². The van der Waals surface area contributed by atoms with Crippen molar-refractivity contribution < 1.29 is 19.1 Å². The second-order valence-corrected chi connectivity index (χ2v) is 4.81. The van der Waals surface area contributed by atoms with E-state index in [1.807, 2.05) is 6.92 Å². The number of nitrogens with zero attached hydrogens (tertiary/aromatic N) is 1. The predicted octanol–water partition coefficient (Wildman–Crippen LogP) is 1.68. The van der Waals surface area contributed by atoms with Gasteiger partial charge in [0.05, 0.1) is 0 Å². The van der Waals surface area contributed by atoms with Gasteiger partial charge in [0, 0.05) is 38.2 Å². The van der Waals surface area contributed by atoms with Crippen LogP contribution >= 0.6 is 0 Å². The van der Waals surface area contributed by atoms with E-state index >= 15 is 0 Å². The molecule has 6 heteroatoms. The van der Waals surface area contributed by atoms with Gasteiger partial charge in [0.1, 0.15) is 0 Å². The van der Waals surface area contributed by atoms with Crippen LogP contribution in [0.3, 0.4) is 0 Å². The lowest BCUT2D eigenvalue weighted by Gasteiger charge is -2.21. The molecule has 1 aliphatic heterocycles. The summed E-state index contributed by atoms with van der Waals surface area (Å²) in [6.45, 7) is 4.66. The maximum Gasteiger partial charge on any atom is 0.231 e. The zero-order valence-electron chi connectivity index (χ0n) is 12.3. The molecule has 1 N–H and O–H groups in total. The summed E-state index contributed by atoms with van der Waals surface area (Å²) in [6, 6.07) is 5.32. The fourth-order valence-corrected chi connectivity index (χ4v) is 2.09. The summed E-state index contributed by atoms with van der Waals surface area (Å²) in [6.07, 6.45) is 1.17. The van der Waals surface area contributed by atoms with Gasteiger partial charge in [0.15, 0.2) is 11.5 Å². The Morgan fingerprint density at radius 3 is 2.76 bits per heavy atom. The SMILES string of the molecule is CCCNC(=O)CCN(C(C)=O)c1ccc2c(c1)OCO2. The van der Waals surface area contributed by atoms with Gasteiger partial charge in [-0.05, 0) is 18.6 Å². The van der Waals surface area contributed by atoms with Gasteiger partial charge >= 0.3 is 0 Å². The number of carbonyl (C=O) groups excluding carboxylic acids is 2. The minimum absolute atomic E-state index is 0.0520. The van der Waals surface area contributed by atoms with E-state index in [0.29, 0.717) is 30.3 Å². The van der Waals surface area contributed by atoms with Crippen molar-refractivity contribution in [1.29, 1.82) is 0 Å². The lowest BCUT2D eigenvalue weighted by molar-refractivity contribution is -0.121. The summed E-state index contributed by atoms with van der Waals surface area (Å²) in [4.78, 5) is 25.0. The highest BCUT2D eigenvalue weighted by molar-refractivity contribution is 5.92. The molecule has 6 nitrogen and oxygen atoms in total. The lowest BCUT2D eigenvalue weighted by Crippen LogP contribution is -2.34. The Balaban J connectivity index is 2.02. The van der Waals surface area contributed by atoms with Crippen LogP contribution in [0.15, 0.2) is 18.2 Å². The third kappa shape index (κ3) is 3.87. The van der Waals surface area contributed by atoms with Gasteiger partial charge in [0.2, 0.25) is 18.6 Å². The molecular formula is C15H20N2O4. The number of nitrogens with one attached hydrogen (secondary N) is 1. The smallest absolute Gasteiger partial charge is 0.231 e. The standard InChI is InChI=1S/C15H20N2O4/c1-3-7-16-15(19)6-8-17(11(2)18)12-4-5-13-14(9-12)21-10-20-13/h4-5,9H,3,6-8,10H2,1-2H3,(H,16,19). The number of hydrogen-bond donors (Lipinski definition) is 1. The van der Waals surface area contributed by atoms with Crippen molar-refractivity contribution in [1.82, 2.24) is 5.32 Å². The first-order chi connectivity index (χ1) is 10.1. The van der Waals surface area contributed by atoms with Crippen molar-refractivity contribution in [3.63, 3.8) is 0 Å². The second kappa shape index (κ2) is 6.97. The Morgan fingerprint density at radius 1 is 1.29 bits per heavy atom. The van der Waals surface area contributed by atoms with E-state index in [9.17, 15) is 9.59 Å². The number of ether oxygens (including phenoxy) is 2. The van der Waals surface area contributed by atoms with Crippen LogP contribution in [0.4, 0.5) is 5.69 Å². The average molecular weight is 292 g/mol. The summed E-state index contributed by atoms with van der Waals surface area (Å²) >= 11 is 0. The lowest BCUT2D eigenvalue weighted by atomic mass is 10.2. The van der Waals surface area contributed by atoms with Crippen molar-refractivity contribution in [2.24, 2.45) is 0 Å². The Bertz CT molecular complexity index is 530. The number of carbonyl (C=O) groups is 2. The molecule has 0 fully saturated rings. The van der Waals surface area contributed by atoms with Gasteiger partial charge in [-0.1, -0.05) is 6.92 Å². The molecular weight excluding hydrogens is 272 g/mol. The van der Waals surface area contributed by atoms with Gasteiger partial charge in [-0.15, -0.1) is 0 Å². The van der Waals surface area contributed by atoms with Crippen molar-refractivity contribution >= 4 is 17.5 Å². The number of fused-ring (bicyclic) bond motifs is 1. The molecule has 0 radical (unpaired) electrons. The van der Waals surface area contributed by atoms with E-state index in [1.54, 1.807) is 23.1 Å². The quantitative estimate of drug-likeness (QED) is 0.866. The number of benzene rings is 1. The highest BCUT2D eigenvalue weighted by Gasteiger charge is 2.18. The van der Waals surface area contributed by atoms with Crippen molar-refractivity contribution in [3.8, 4) is 11.5 Å². The molecule has 2 rings (SSSR count). The molecule has 0 saturated heterocycles. The molecule has 1 aliphatic rings. The zero-order valence-corrected chi connectivity index (χ0v) is 12.3. The molecule has 0 atom stereocenters. The topological polar surface area (TPSA) is 67.9 Å². The van der Waals surface area contributed by atoms with Gasteiger partial charge in [-0.2, -0.15) is 0 Å². The van der Waals surface area contributed by atoms with Gasteiger partial charge < -0.3 is 19.7 Å². The van der Waals surface area contributed by atoms with Crippen LogP contribution in [-0.4, -0.2) is 31.7 Å². The van der Waals surface area contributed by atoms with Crippen LogP contribution in [0.5, 0.6) is 11.5 Å². The molecule has 1 heterocycles. The fraction of sp³-hybridized carbons (Fsp3) is 0.467. The monoisotopic (exact) mass is 292 g/mol. The fourth-order valence-electron chi connectivity index (χ4n) is 2.09. The van der Waals surface area contributed by atoms with Gasteiger partial charge in [-0.3, -0.25) is 9.59 Å². The number of amides is 2. The minimum Gasteiger partial charge on any atom is -0.454 e. The highest BCUT2D eigenvalue weighted by atomic mass is 16.7. The third-order valence-electron chi connectivity index (χ3n) is 3.18. The summed E-state index contributed by atoms with van der Waals surface area (Å²) < 4.78 is 10.6. The normalized spacial score (nSPS) is 12.1. The van der Waals surface area contributed by atoms with Crippen molar-refractivity contribution in [3.05, 3.63) is 18.2 Å². The van der Waals surface area contributed by atoms with Crippen LogP contribution in [-0.2, 0) is 9.59 Å². The molecule has 114 valence electrons. The molecule has 0 bridgehead atoms. The third-order valence-corrected chi connectivity index (χ3v) is 3.18. The highest BCUT2D eigenvalue weighted by Crippen LogP contribution is 2.35. The molecule has 0 saturated carbocycles. The largest absolute Gasteiger partial charge is 0.454 e. The van der Waals surface area contributed by atoms with E-state index in [1.165, 1.54) is 6.92 Å². The molecule has 0 aromatic heterocycles. The summed E-state index contributed by atoms with van der Waals surface area (Å²) in [5, 5.41) is 2.80. The van der Waals surface area contributed by atoms with Crippen molar-refractivity contribution in [2.45, 2.75) is 26.7 Å². The first-order valence-electron chi connectivity index (χ1n) is 7.06. The maximum atomic E-state index is 11.8. The molecule has 0 spiro atoms. The Morgan fingerprint density at radius 2 is 2.05 bits per heavy atom.